The van der Waals surface area contributed by atoms with Gasteiger partial charge < -0.3 is 44.9 Å². The zero-order valence-corrected chi connectivity index (χ0v) is 25.5. The summed E-state index contributed by atoms with van der Waals surface area (Å²) in [6, 6.07) is 15.1. The summed E-state index contributed by atoms with van der Waals surface area (Å²) < 4.78 is 7.55. The van der Waals surface area contributed by atoms with Gasteiger partial charge in [-0.3, -0.25) is 14.6 Å². The topological polar surface area (TPSA) is 214 Å². The van der Waals surface area contributed by atoms with E-state index in [2.05, 4.69) is 15.4 Å². The number of imide groups is 1. The van der Waals surface area contributed by atoms with Crippen molar-refractivity contribution in [3.05, 3.63) is 82.7 Å². The van der Waals surface area contributed by atoms with Crippen molar-refractivity contribution in [2.75, 3.05) is 6.61 Å². The Morgan fingerprint density at radius 2 is 1.62 bits per heavy atom. The molecule has 8 rings (SSSR count). The summed E-state index contributed by atoms with van der Waals surface area (Å²) in [5, 5.41) is 65.6. The summed E-state index contributed by atoms with van der Waals surface area (Å²) in [7, 11) is 0. The van der Waals surface area contributed by atoms with Gasteiger partial charge in [0.2, 0.25) is 0 Å². The van der Waals surface area contributed by atoms with Crippen LogP contribution >= 0.6 is 0 Å². The lowest BCUT2D eigenvalue weighted by Crippen LogP contribution is -2.56. The number of aromatic nitrogens is 3. The highest BCUT2D eigenvalue weighted by Gasteiger charge is 2.47. The molecule has 0 saturated carbocycles. The quantitative estimate of drug-likeness (QED) is 0.121. The number of aromatic hydroxyl groups is 1. The van der Waals surface area contributed by atoms with Crippen molar-refractivity contribution in [2.24, 2.45) is 0 Å². The molecule has 3 aromatic carbocycles. The Morgan fingerprint density at radius 1 is 0.896 bits per heavy atom. The summed E-state index contributed by atoms with van der Waals surface area (Å²) >= 11 is 0. The molecule has 0 spiro atoms. The molecule has 2 amide bonds. The highest BCUT2D eigenvalue weighted by molar-refractivity contribution is 6.39. The number of H-pyrrole nitrogens is 1. The van der Waals surface area contributed by atoms with E-state index in [4.69, 9.17) is 4.74 Å². The Hall–Kier alpha value is -4.93. The molecule has 5 unspecified atom stereocenters. The first-order valence-corrected chi connectivity index (χ1v) is 15.4. The van der Waals surface area contributed by atoms with E-state index in [9.17, 15) is 40.2 Å². The molecule has 2 aliphatic heterocycles. The van der Waals surface area contributed by atoms with E-state index in [0.29, 0.717) is 55.0 Å². The number of nitrogens with zero attached hydrogens (tertiary/aromatic N) is 3. The molecule has 3 aromatic heterocycles. The fourth-order valence-electron chi connectivity index (χ4n) is 7.12. The number of amides is 2. The number of hydrogen-bond acceptors (Lipinski definition) is 11. The molecule has 1 fully saturated rings. The third kappa shape index (κ3) is 4.28. The predicted octanol–water partition coefficient (Wildman–Crippen LogP) is 1.60. The first-order valence-electron chi connectivity index (χ1n) is 15.4. The molecule has 0 bridgehead atoms. The van der Waals surface area contributed by atoms with Crippen LogP contribution in [0.3, 0.4) is 0 Å². The number of hydrazine groups is 1. The molecular weight excluding hydrogens is 622 g/mol. The SMILES string of the molecule is Cc1ccc2c(c1)[nH]c1c2c2c(c3c4ccc(O)cc4n(C4OC(CO)C(O)C(O)C4O)c13)C(=O)N(NCc1cccc(CO)n1)C2=O. The highest BCUT2D eigenvalue weighted by atomic mass is 16.6. The molecule has 1 saturated heterocycles. The van der Waals surface area contributed by atoms with E-state index in [-0.39, 0.29) is 30.0 Å². The minimum absolute atomic E-state index is 0.000818. The minimum Gasteiger partial charge on any atom is -0.508 e. The van der Waals surface area contributed by atoms with Crippen molar-refractivity contribution >= 4 is 55.4 Å². The van der Waals surface area contributed by atoms with Crippen LogP contribution in [0.4, 0.5) is 0 Å². The second kappa shape index (κ2) is 11.1. The van der Waals surface area contributed by atoms with Gasteiger partial charge in [0, 0.05) is 33.1 Å². The molecule has 6 aromatic rings. The molecule has 246 valence electrons. The van der Waals surface area contributed by atoms with Gasteiger partial charge in [-0.2, -0.15) is 0 Å². The van der Waals surface area contributed by atoms with E-state index in [0.717, 1.165) is 10.6 Å². The van der Waals surface area contributed by atoms with Gasteiger partial charge in [0.05, 0.1) is 58.8 Å². The Labute approximate surface area is 271 Å². The van der Waals surface area contributed by atoms with Crippen LogP contribution in [-0.4, -0.2) is 93.0 Å². The number of hydrogen-bond donors (Lipinski definition) is 8. The number of carbonyl (C=O) groups is 2. The molecule has 14 nitrogen and oxygen atoms in total. The van der Waals surface area contributed by atoms with E-state index < -0.39 is 49.1 Å². The van der Waals surface area contributed by atoms with Crippen molar-refractivity contribution in [1.29, 1.82) is 0 Å². The van der Waals surface area contributed by atoms with Crippen LogP contribution in [0.5, 0.6) is 5.75 Å². The van der Waals surface area contributed by atoms with Gasteiger partial charge >= 0.3 is 0 Å². The van der Waals surface area contributed by atoms with Gasteiger partial charge in [-0.1, -0.05) is 18.2 Å². The Morgan fingerprint density at radius 3 is 2.38 bits per heavy atom. The van der Waals surface area contributed by atoms with Crippen molar-refractivity contribution in [2.45, 2.75) is 50.7 Å². The van der Waals surface area contributed by atoms with Crippen molar-refractivity contribution in [1.82, 2.24) is 25.0 Å². The Balaban J connectivity index is 1.43. The molecule has 2 aliphatic rings. The summed E-state index contributed by atoms with van der Waals surface area (Å²) in [5.74, 6) is -1.39. The van der Waals surface area contributed by atoms with Gasteiger partial charge in [0.15, 0.2) is 6.23 Å². The number of benzene rings is 3. The number of fused-ring (bicyclic) bond motifs is 10. The number of phenols is 1. The summed E-state index contributed by atoms with van der Waals surface area (Å²) in [6.07, 6.45) is -7.66. The lowest BCUT2D eigenvalue weighted by atomic mass is 9.96. The predicted molar refractivity (Wildman–Crippen MR) is 172 cm³/mol. The standard InChI is InChI=1S/C34H31N5O9/c1-14-5-7-18-20(9-14)37-27-23(18)25-26(33(47)39(32(25)46)35-11-15-3-2-4-16(12-40)36-15)24-19-8-6-17(42)10-21(19)38(28(24)27)34-31(45)30(44)29(43)22(13-41)48-34/h2-10,22,29-31,34-35,37,40-45H,11-13H2,1H3. The van der Waals surface area contributed by atoms with Gasteiger partial charge in [-0.05, 0) is 42.8 Å². The number of aromatic amines is 1. The van der Waals surface area contributed by atoms with Gasteiger partial charge in [-0.25, -0.2) is 10.4 Å². The molecule has 5 atom stereocenters. The number of carbonyl (C=O) groups excluding carboxylic acids is 2. The second-order valence-electron chi connectivity index (χ2n) is 12.2. The number of pyridine rings is 1. The Bertz CT molecular complexity index is 2310. The maximum atomic E-state index is 14.4. The lowest BCUT2D eigenvalue weighted by molar-refractivity contribution is -0.249. The first-order chi connectivity index (χ1) is 23.1. The summed E-state index contributed by atoms with van der Waals surface area (Å²) in [4.78, 5) is 36.4. The van der Waals surface area contributed by atoms with Crippen LogP contribution in [0.2, 0.25) is 0 Å². The van der Waals surface area contributed by atoms with Crippen LogP contribution in [0, 0.1) is 6.92 Å². The van der Waals surface area contributed by atoms with Crippen LogP contribution < -0.4 is 5.43 Å². The average molecular weight is 654 g/mol. The molecule has 8 N–H and O–H groups in total. The normalized spacial score (nSPS) is 23.0. The minimum atomic E-state index is -1.71. The van der Waals surface area contributed by atoms with Gasteiger partial charge in [0.1, 0.15) is 30.2 Å². The number of ether oxygens (including phenoxy) is 1. The summed E-state index contributed by atoms with van der Waals surface area (Å²) in [5.41, 5.74) is 6.72. The molecule has 5 heterocycles. The molecule has 14 heteroatoms. The fourth-order valence-corrected chi connectivity index (χ4v) is 7.12. The maximum Gasteiger partial charge on any atom is 0.276 e. The monoisotopic (exact) mass is 653 g/mol. The second-order valence-corrected chi connectivity index (χ2v) is 12.2. The van der Waals surface area contributed by atoms with E-state index in [1.807, 2.05) is 25.1 Å². The largest absolute Gasteiger partial charge is 0.508 e. The van der Waals surface area contributed by atoms with Crippen molar-refractivity contribution < 1.29 is 45.0 Å². The number of rotatable bonds is 6. The van der Waals surface area contributed by atoms with E-state index in [1.54, 1.807) is 24.3 Å². The highest BCUT2D eigenvalue weighted by Crippen LogP contribution is 2.47. The summed E-state index contributed by atoms with van der Waals surface area (Å²) in [6.45, 7) is 0.979. The molecule has 0 radical (unpaired) electrons. The third-order valence-electron chi connectivity index (χ3n) is 9.33. The Kier molecular flexibility index (Phi) is 7.01. The van der Waals surface area contributed by atoms with E-state index in [1.165, 1.54) is 16.7 Å². The average Bonchev–Trinajstić information content (AvgIpc) is 3.69. The zero-order chi connectivity index (χ0) is 33.6. The number of aryl methyl sites for hydroxylation is 1. The van der Waals surface area contributed by atoms with Gasteiger partial charge in [-0.15, -0.1) is 0 Å². The molecule has 0 aliphatic carbocycles. The molecule has 48 heavy (non-hydrogen) atoms. The zero-order valence-electron chi connectivity index (χ0n) is 25.5. The number of aliphatic hydroxyl groups excluding tert-OH is 5. The number of phenolic OH excluding ortho intramolecular Hbond substituents is 1. The van der Waals surface area contributed by atoms with Crippen LogP contribution in [-0.2, 0) is 17.9 Å². The van der Waals surface area contributed by atoms with Crippen LogP contribution in [0.15, 0.2) is 54.6 Å². The van der Waals surface area contributed by atoms with Crippen LogP contribution in [0.25, 0.3) is 43.6 Å². The maximum absolute atomic E-state index is 14.4. The van der Waals surface area contributed by atoms with Crippen molar-refractivity contribution in [3.8, 4) is 5.75 Å². The fraction of sp³-hybridized carbons (Fsp3) is 0.265. The van der Waals surface area contributed by atoms with Crippen LogP contribution in [0.1, 0.15) is 43.9 Å². The lowest BCUT2D eigenvalue weighted by Gasteiger charge is -2.41. The number of aliphatic hydroxyl groups is 5. The smallest absolute Gasteiger partial charge is 0.276 e. The molecular formula is C34H31N5O9. The van der Waals surface area contributed by atoms with Gasteiger partial charge in [0.25, 0.3) is 11.8 Å². The first kappa shape index (κ1) is 30.4. The van der Waals surface area contributed by atoms with E-state index >= 15 is 0 Å². The third-order valence-corrected chi connectivity index (χ3v) is 9.33. The number of nitrogens with one attached hydrogen (secondary N) is 2. The van der Waals surface area contributed by atoms with Crippen molar-refractivity contribution in [3.63, 3.8) is 0 Å².